The molecule has 0 aliphatic rings. The summed E-state index contributed by atoms with van der Waals surface area (Å²) in [6.07, 6.45) is 0. The van der Waals surface area contributed by atoms with Crippen molar-refractivity contribution in [2.45, 2.75) is 11.0 Å². The van der Waals surface area contributed by atoms with Crippen molar-refractivity contribution in [1.82, 2.24) is 20.3 Å². The Morgan fingerprint density at radius 1 is 0.935 bits per heavy atom. The molecule has 31 heavy (non-hydrogen) atoms. The molecule has 0 fully saturated rings. The molecule has 2 aromatic heterocycles. The summed E-state index contributed by atoms with van der Waals surface area (Å²) in [6, 6.07) is 10.7. The van der Waals surface area contributed by atoms with Gasteiger partial charge in [-0.2, -0.15) is 4.98 Å². The molecule has 0 N–H and O–H groups in total. The zero-order chi connectivity index (χ0) is 21.8. The third kappa shape index (κ3) is 4.59. The molecule has 4 aromatic rings. The van der Waals surface area contributed by atoms with Crippen molar-refractivity contribution in [2.24, 2.45) is 0 Å². The van der Waals surface area contributed by atoms with E-state index in [9.17, 15) is 0 Å². The van der Waals surface area contributed by atoms with E-state index < -0.39 is 0 Å². The Hall–Kier alpha value is -3.24. The number of hydrogen-bond donors (Lipinski definition) is 0. The monoisotopic (exact) mass is 460 g/mol. The van der Waals surface area contributed by atoms with E-state index in [1.165, 1.54) is 18.9 Å². The Morgan fingerprint density at radius 3 is 2.29 bits per heavy atom. The third-order valence-electron chi connectivity index (χ3n) is 4.21. The predicted molar refractivity (Wildman–Crippen MR) is 114 cm³/mol. The molecule has 0 bridgehead atoms. The van der Waals surface area contributed by atoms with Crippen LogP contribution in [0, 0.1) is 0 Å². The molecule has 0 saturated heterocycles. The van der Waals surface area contributed by atoms with Gasteiger partial charge in [-0.1, -0.05) is 28.5 Å². The fraction of sp³-hybridized carbons (Fsp3) is 0.200. The fourth-order valence-corrected chi connectivity index (χ4v) is 3.47. The fourth-order valence-electron chi connectivity index (χ4n) is 2.74. The molecule has 11 heteroatoms. The highest BCUT2D eigenvalue weighted by molar-refractivity contribution is 7.98. The number of nitrogens with zero attached hydrogens (tertiary/aromatic N) is 4. The quantitative estimate of drug-likeness (QED) is 0.341. The summed E-state index contributed by atoms with van der Waals surface area (Å²) in [5.74, 6) is 3.07. The molecular formula is C20H17ClN4O5S. The van der Waals surface area contributed by atoms with Crippen LogP contribution in [0.4, 0.5) is 0 Å². The molecular weight excluding hydrogens is 444 g/mol. The average molecular weight is 461 g/mol. The van der Waals surface area contributed by atoms with Crippen LogP contribution in [-0.4, -0.2) is 41.7 Å². The van der Waals surface area contributed by atoms with E-state index >= 15 is 0 Å². The zero-order valence-electron chi connectivity index (χ0n) is 16.8. The van der Waals surface area contributed by atoms with Crippen molar-refractivity contribution >= 4 is 23.4 Å². The molecule has 160 valence electrons. The van der Waals surface area contributed by atoms with E-state index in [2.05, 4.69) is 20.3 Å². The Kier molecular flexibility index (Phi) is 6.28. The maximum Gasteiger partial charge on any atom is 0.277 e. The summed E-state index contributed by atoms with van der Waals surface area (Å²) in [6.45, 7) is 0. The SMILES string of the molecule is COc1cc(-c2nnc(SCc3nc(-c4ccc(Cl)cc4)no3)o2)cc(OC)c1OC. The number of ether oxygens (including phenoxy) is 3. The second kappa shape index (κ2) is 9.27. The van der Waals surface area contributed by atoms with Gasteiger partial charge in [0, 0.05) is 16.1 Å². The van der Waals surface area contributed by atoms with Crippen molar-refractivity contribution in [2.75, 3.05) is 21.3 Å². The number of halogens is 1. The van der Waals surface area contributed by atoms with E-state index in [4.69, 9.17) is 34.8 Å². The minimum absolute atomic E-state index is 0.314. The molecule has 0 aliphatic carbocycles. The Balaban J connectivity index is 1.47. The van der Waals surface area contributed by atoms with Gasteiger partial charge >= 0.3 is 0 Å². The van der Waals surface area contributed by atoms with Gasteiger partial charge in [-0.15, -0.1) is 10.2 Å². The van der Waals surface area contributed by atoms with Gasteiger partial charge in [0.15, 0.2) is 11.5 Å². The summed E-state index contributed by atoms with van der Waals surface area (Å²) >= 11 is 7.19. The maximum atomic E-state index is 5.91. The maximum absolute atomic E-state index is 5.91. The van der Waals surface area contributed by atoms with Gasteiger partial charge in [0.05, 0.1) is 27.1 Å². The highest BCUT2D eigenvalue weighted by atomic mass is 35.5. The number of benzene rings is 2. The third-order valence-corrected chi connectivity index (χ3v) is 5.26. The smallest absolute Gasteiger partial charge is 0.277 e. The highest BCUT2D eigenvalue weighted by Crippen LogP contribution is 2.41. The van der Waals surface area contributed by atoms with E-state index in [-0.39, 0.29) is 0 Å². The van der Waals surface area contributed by atoms with Crippen LogP contribution in [0.2, 0.25) is 5.02 Å². The lowest BCUT2D eigenvalue weighted by molar-refractivity contribution is 0.324. The first-order valence-electron chi connectivity index (χ1n) is 8.96. The molecule has 0 amide bonds. The molecule has 0 aliphatic heterocycles. The molecule has 0 saturated carbocycles. The second-order valence-electron chi connectivity index (χ2n) is 6.09. The van der Waals surface area contributed by atoms with Gasteiger partial charge in [0.25, 0.3) is 5.22 Å². The molecule has 4 rings (SSSR count). The van der Waals surface area contributed by atoms with Crippen LogP contribution in [0.25, 0.3) is 22.8 Å². The van der Waals surface area contributed by atoms with Crippen LogP contribution in [0.15, 0.2) is 50.6 Å². The Bertz CT molecular complexity index is 1150. The molecule has 0 radical (unpaired) electrons. The number of aromatic nitrogens is 4. The molecule has 0 unspecified atom stereocenters. The van der Waals surface area contributed by atoms with Crippen LogP contribution in [-0.2, 0) is 5.75 Å². The highest BCUT2D eigenvalue weighted by Gasteiger charge is 2.18. The van der Waals surface area contributed by atoms with Gasteiger partial charge in [0.1, 0.15) is 0 Å². The largest absolute Gasteiger partial charge is 0.493 e. The minimum atomic E-state index is 0.314. The number of thioether (sulfide) groups is 1. The summed E-state index contributed by atoms with van der Waals surface area (Å²) in [5.41, 5.74) is 1.45. The van der Waals surface area contributed by atoms with Gasteiger partial charge in [-0.3, -0.25) is 0 Å². The number of hydrogen-bond acceptors (Lipinski definition) is 10. The van der Waals surface area contributed by atoms with Crippen LogP contribution < -0.4 is 14.2 Å². The lowest BCUT2D eigenvalue weighted by atomic mass is 10.2. The van der Waals surface area contributed by atoms with Crippen molar-refractivity contribution < 1.29 is 23.2 Å². The van der Waals surface area contributed by atoms with Gasteiger partial charge < -0.3 is 23.2 Å². The molecule has 9 nitrogen and oxygen atoms in total. The van der Waals surface area contributed by atoms with Crippen LogP contribution in [0.5, 0.6) is 17.2 Å². The van der Waals surface area contributed by atoms with E-state index in [0.717, 1.165) is 5.56 Å². The van der Waals surface area contributed by atoms with Crippen LogP contribution in [0.3, 0.4) is 0 Å². The molecule has 0 spiro atoms. The summed E-state index contributed by atoms with van der Waals surface area (Å²) in [5, 5.41) is 13.1. The lowest BCUT2D eigenvalue weighted by Crippen LogP contribution is -1.95. The van der Waals surface area contributed by atoms with Crippen molar-refractivity contribution in [3.8, 4) is 40.1 Å². The molecule has 0 atom stereocenters. The Morgan fingerprint density at radius 2 is 1.65 bits per heavy atom. The first-order valence-corrected chi connectivity index (χ1v) is 10.3. The normalized spacial score (nSPS) is 10.8. The first-order chi connectivity index (χ1) is 15.1. The summed E-state index contributed by atoms with van der Waals surface area (Å²) < 4.78 is 27.1. The first kappa shape index (κ1) is 21.0. The minimum Gasteiger partial charge on any atom is -0.493 e. The summed E-state index contributed by atoms with van der Waals surface area (Å²) in [4.78, 5) is 4.38. The van der Waals surface area contributed by atoms with Gasteiger partial charge in [-0.05, 0) is 36.4 Å². The van der Waals surface area contributed by atoms with E-state index in [1.807, 2.05) is 12.1 Å². The van der Waals surface area contributed by atoms with Gasteiger partial charge in [0.2, 0.25) is 23.4 Å². The predicted octanol–water partition coefficient (Wildman–Crippen LogP) is 4.76. The molecule has 2 heterocycles. The lowest BCUT2D eigenvalue weighted by Gasteiger charge is -2.12. The zero-order valence-corrected chi connectivity index (χ0v) is 18.4. The Labute approximate surface area is 186 Å². The standard InChI is InChI=1S/C20H17ClN4O5S/c1-26-14-8-12(9-15(27-2)17(14)28-3)19-23-24-20(29-19)31-10-16-22-18(25-30-16)11-4-6-13(21)7-5-11/h4-9H,10H2,1-3H3. The van der Waals surface area contributed by atoms with E-state index in [1.54, 1.807) is 38.5 Å². The van der Waals surface area contributed by atoms with Crippen LogP contribution >= 0.6 is 23.4 Å². The van der Waals surface area contributed by atoms with Crippen molar-refractivity contribution in [1.29, 1.82) is 0 Å². The summed E-state index contributed by atoms with van der Waals surface area (Å²) in [7, 11) is 4.62. The average Bonchev–Trinajstić information content (AvgIpc) is 3.47. The van der Waals surface area contributed by atoms with Crippen molar-refractivity contribution in [3.63, 3.8) is 0 Å². The second-order valence-corrected chi connectivity index (χ2v) is 7.46. The van der Waals surface area contributed by atoms with E-state index in [0.29, 0.717) is 56.4 Å². The number of rotatable bonds is 8. The molecule has 2 aromatic carbocycles. The topological polar surface area (TPSA) is 106 Å². The number of methoxy groups -OCH3 is 3. The van der Waals surface area contributed by atoms with Crippen LogP contribution in [0.1, 0.15) is 5.89 Å². The van der Waals surface area contributed by atoms with Crippen molar-refractivity contribution in [3.05, 3.63) is 47.3 Å². The van der Waals surface area contributed by atoms with Gasteiger partial charge in [-0.25, -0.2) is 0 Å².